The van der Waals surface area contributed by atoms with E-state index in [1.54, 1.807) is 29.5 Å². The van der Waals surface area contributed by atoms with Gasteiger partial charge in [0.2, 0.25) is 0 Å². The Bertz CT molecular complexity index is 582. The summed E-state index contributed by atoms with van der Waals surface area (Å²) < 4.78 is 12.9. The molecule has 19 heavy (non-hydrogen) atoms. The summed E-state index contributed by atoms with van der Waals surface area (Å²) in [6.07, 6.45) is 0. The van der Waals surface area contributed by atoms with Gasteiger partial charge in [-0.2, -0.15) is 0 Å². The Morgan fingerprint density at radius 1 is 1.42 bits per heavy atom. The third-order valence-electron chi connectivity index (χ3n) is 2.99. The number of anilines is 1. The molecule has 2 aromatic rings. The first-order chi connectivity index (χ1) is 8.99. The van der Waals surface area contributed by atoms with Gasteiger partial charge in [-0.3, -0.25) is 4.79 Å². The molecule has 0 radical (unpaired) electrons. The fraction of sp³-hybridized carbons (Fsp3) is 0.231. The van der Waals surface area contributed by atoms with E-state index in [2.05, 4.69) is 4.98 Å². The van der Waals surface area contributed by atoms with E-state index in [0.717, 1.165) is 5.56 Å². The number of hydrogen-bond donors (Lipinski definition) is 1. The van der Waals surface area contributed by atoms with E-state index in [9.17, 15) is 9.18 Å². The highest BCUT2D eigenvalue weighted by atomic mass is 32.1. The van der Waals surface area contributed by atoms with Crippen LogP contribution in [0.25, 0.3) is 0 Å². The summed E-state index contributed by atoms with van der Waals surface area (Å²) in [5.74, 6) is -0.498. The molecule has 1 atom stereocenters. The van der Waals surface area contributed by atoms with Gasteiger partial charge in [-0.15, -0.1) is 11.3 Å². The molecule has 0 saturated carbocycles. The van der Waals surface area contributed by atoms with Crippen molar-refractivity contribution >= 4 is 22.4 Å². The maximum atomic E-state index is 12.9. The Labute approximate surface area is 114 Å². The number of hydrogen-bond acceptors (Lipinski definition) is 4. The van der Waals surface area contributed by atoms with Crippen molar-refractivity contribution in [1.82, 2.24) is 9.88 Å². The first-order valence-electron chi connectivity index (χ1n) is 5.72. The lowest BCUT2D eigenvalue weighted by Gasteiger charge is -2.24. The van der Waals surface area contributed by atoms with Crippen LogP contribution in [0, 0.1) is 5.82 Å². The van der Waals surface area contributed by atoms with Crippen LogP contribution < -0.4 is 5.73 Å². The second-order valence-corrected chi connectivity index (χ2v) is 5.10. The van der Waals surface area contributed by atoms with E-state index in [1.807, 2.05) is 6.92 Å². The van der Waals surface area contributed by atoms with Crippen LogP contribution in [0.4, 0.5) is 9.52 Å². The molecule has 1 amide bonds. The van der Waals surface area contributed by atoms with E-state index >= 15 is 0 Å². The van der Waals surface area contributed by atoms with Gasteiger partial charge in [0, 0.05) is 12.4 Å². The fourth-order valence-electron chi connectivity index (χ4n) is 1.71. The molecule has 2 N–H and O–H groups in total. The fourth-order valence-corrected chi connectivity index (χ4v) is 2.24. The summed E-state index contributed by atoms with van der Waals surface area (Å²) in [7, 11) is 1.69. The highest BCUT2D eigenvalue weighted by molar-refractivity contribution is 7.13. The van der Waals surface area contributed by atoms with Crippen LogP contribution in [0.1, 0.15) is 29.0 Å². The minimum atomic E-state index is -0.294. The van der Waals surface area contributed by atoms with Crippen molar-refractivity contribution in [1.29, 1.82) is 0 Å². The molecule has 0 spiro atoms. The summed E-state index contributed by atoms with van der Waals surface area (Å²) >= 11 is 1.23. The van der Waals surface area contributed by atoms with Gasteiger partial charge in [-0.1, -0.05) is 12.1 Å². The van der Waals surface area contributed by atoms with Gasteiger partial charge >= 0.3 is 0 Å². The number of amides is 1. The number of carbonyl (C=O) groups excluding carboxylic acids is 1. The van der Waals surface area contributed by atoms with Crippen LogP contribution >= 0.6 is 11.3 Å². The molecule has 6 heteroatoms. The number of nitrogens with zero attached hydrogens (tertiary/aromatic N) is 2. The summed E-state index contributed by atoms with van der Waals surface area (Å²) in [6.45, 7) is 1.88. The number of rotatable bonds is 3. The van der Waals surface area contributed by atoms with Crippen molar-refractivity contribution in [2.24, 2.45) is 0 Å². The Hall–Kier alpha value is -1.95. The molecule has 0 aliphatic heterocycles. The monoisotopic (exact) mass is 279 g/mol. The van der Waals surface area contributed by atoms with E-state index in [0.29, 0.717) is 10.8 Å². The minimum absolute atomic E-state index is 0.170. The second-order valence-electron chi connectivity index (χ2n) is 4.21. The topological polar surface area (TPSA) is 59.2 Å². The van der Waals surface area contributed by atoms with Crippen molar-refractivity contribution in [2.75, 3.05) is 12.8 Å². The molecular formula is C13H14FN3OS. The lowest BCUT2D eigenvalue weighted by atomic mass is 10.1. The molecule has 1 aromatic carbocycles. The zero-order chi connectivity index (χ0) is 14.0. The highest BCUT2D eigenvalue weighted by Crippen LogP contribution is 2.22. The zero-order valence-corrected chi connectivity index (χ0v) is 11.4. The number of aromatic nitrogens is 1. The number of thiazole rings is 1. The Kier molecular flexibility index (Phi) is 3.80. The Balaban J connectivity index is 2.16. The predicted molar refractivity (Wildman–Crippen MR) is 73.4 cm³/mol. The van der Waals surface area contributed by atoms with Crippen molar-refractivity contribution < 1.29 is 9.18 Å². The van der Waals surface area contributed by atoms with Crippen LogP contribution in [0.3, 0.4) is 0 Å². The minimum Gasteiger partial charge on any atom is -0.375 e. The van der Waals surface area contributed by atoms with Crippen LogP contribution in [0.2, 0.25) is 0 Å². The Morgan fingerprint density at radius 2 is 2.05 bits per heavy atom. The van der Waals surface area contributed by atoms with Crippen LogP contribution in [0.5, 0.6) is 0 Å². The lowest BCUT2D eigenvalue weighted by Crippen LogP contribution is -2.29. The SMILES string of the molecule is CC(c1ccc(F)cc1)N(C)C(=O)c1csc(N)n1. The van der Waals surface area contributed by atoms with Crippen LogP contribution in [-0.2, 0) is 0 Å². The number of benzene rings is 1. The van der Waals surface area contributed by atoms with Gasteiger partial charge in [0.1, 0.15) is 11.5 Å². The molecule has 1 aromatic heterocycles. The summed E-state index contributed by atoms with van der Waals surface area (Å²) in [6, 6.07) is 5.92. The maximum absolute atomic E-state index is 12.9. The Morgan fingerprint density at radius 3 is 2.58 bits per heavy atom. The van der Waals surface area contributed by atoms with Gasteiger partial charge in [0.15, 0.2) is 5.13 Å². The van der Waals surface area contributed by atoms with E-state index in [4.69, 9.17) is 5.73 Å². The first kappa shape index (κ1) is 13.5. The largest absolute Gasteiger partial charge is 0.375 e. The van der Waals surface area contributed by atoms with Crippen LogP contribution in [0.15, 0.2) is 29.6 Å². The van der Waals surface area contributed by atoms with Gasteiger partial charge in [-0.25, -0.2) is 9.37 Å². The third-order valence-corrected chi connectivity index (χ3v) is 3.67. The molecule has 0 aliphatic carbocycles. The smallest absolute Gasteiger partial charge is 0.273 e. The van der Waals surface area contributed by atoms with Crippen molar-refractivity contribution in [3.05, 3.63) is 46.7 Å². The molecule has 0 saturated heterocycles. The van der Waals surface area contributed by atoms with Gasteiger partial charge in [0.25, 0.3) is 5.91 Å². The normalized spacial score (nSPS) is 12.2. The van der Waals surface area contributed by atoms with Gasteiger partial charge in [-0.05, 0) is 24.6 Å². The lowest BCUT2D eigenvalue weighted by molar-refractivity contribution is 0.0737. The number of nitrogens with two attached hydrogens (primary N) is 1. The van der Waals surface area contributed by atoms with Gasteiger partial charge < -0.3 is 10.6 Å². The van der Waals surface area contributed by atoms with Crippen molar-refractivity contribution in [3.63, 3.8) is 0 Å². The average Bonchev–Trinajstić information content (AvgIpc) is 2.84. The predicted octanol–water partition coefficient (Wildman–Crippen LogP) is 2.70. The van der Waals surface area contributed by atoms with E-state index in [-0.39, 0.29) is 17.8 Å². The molecule has 0 fully saturated rings. The van der Waals surface area contributed by atoms with E-state index < -0.39 is 0 Å². The second kappa shape index (κ2) is 5.36. The van der Waals surface area contributed by atoms with Crippen molar-refractivity contribution in [3.8, 4) is 0 Å². The summed E-state index contributed by atoms with van der Waals surface area (Å²) in [4.78, 5) is 17.7. The van der Waals surface area contributed by atoms with Crippen molar-refractivity contribution in [2.45, 2.75) is 13.0 Å². The zero-order valence-electron chi connectivity index (χ0n) is 10.6. The van der Waals surface area contributed by atoms with Crippen LogP contribution in [-0.4, -0.2) is 22.8 Å². The average molecular weight is 279 g/mol. The molecule has 2 rings (SSSR count). The summed E-state index contributed by atoms with van der Waals surface area (Å²) in [5, 5.41) is 2.00. The summed E-state index contributed by atoms with van der Waals surface area (Å²) in [5.41, 5.74) is 6.71. The first-order valence-corrected chi connectivity index (χ1v) is 6.60. The number of halogens is 1. The standard InChI is InChI=1S/C13H14FN3OS/c1-8(9-3-5-10(14)6-4-9)17(2)12(18)11-7-19-13(15)16-11/h3-8H,1-2H3,(H2,15,16). The number of nitrogen functional groups attached to an aromatic ring is 1. The van der Waals surface area contributed by atoms with E-state index in [1.165, 1.54) is 23.5 Å². The molecule has 100 valence electrons. The number of carbonyl (C=O) groups is 1. The molecule has 4 nitrogen and oxygen atoms in total. The molecule has 0 aliphatic rings. The third kappa shape index (κ3) is 2.90. The maximum Gasteiger partial charge on any atom is 0.273 e. The van der Waals surface area contributed by atoms with Gasteiger partial charge in [0.05, 0.1) is 6.04 Å². The molecule has 1 unspecified atom stereocenters. The quantitative estimate of drug-likeness (QED) is 0.939. The highest BCUT2D eigenvalue weighted by Gasteiger charge is 2.20. The molecular weight excluding hydrogens is 265 g/mol. The molecule has 1 heterocycles. The molecule has 0 bridgehead atoms.